The summed E-state index contributed by atoms with van der Waals surface area (Å²) >= 11 is 0. The molecule has 1 heterocycles. The Morgan fingerprint density at radius 1 is 0.404 bits per heavy atom. The van der Waals surface area contributed by atoms with Gasteiger partial charge in [-0.2, -0.15) is 0 Å². The van der Waals surface area contributed by atoms with E-state index in [1.807, 2.05) is 6.07 Å². The SMILES string of the molecule is CC1(C)c2ccc(N(c3ccc(-c4ccccc4)cc3)c3ccc(-c4ccccc4)cc3)cc2-c2cc3c(cc21)oc1ccccc13. The second-order valence-corrected chi connectivity index (χ2v) is 13.0. The second-order valence-electron chi connectivity index (χ2n) is 13.0. The van der Waals surface area contributed by atoms with Crippen LogP contribution in [0.25, 0.3) is 55.3 Å². The van der Waals surface area contributed by atoms with Gasteiger partial charge in [-0.1, -0.05) is 123 Å². The van der Waals surface area contributed by atoms with Gasteiger partial charge in [0.05, 0.1) is 0 Å². The van der Waals surface area contributed by atoms with E-state index in [-0.39, 0.29) is 5.41 Å². The van der Waals surface area contributed by atoms with Crippen LogP contribution in [0.15, 0.2) is 168 Å². The van der Waals surface area contributed by atoms with Crippen molar-refractivity contribution in [2.75, 3.05) is 4.90 Å². The third kappa shape index (κ3) is 4.48. The van der Waals surface area contributed by atoms with Crippen LogP contribution in [0.1, 0.15) is 25.0 Å². The van der Waals surface area contributed by atoms with Gasteiger partial charge in [-0.25, -0.2) is 0 Å². The van der Waals surface area contributed by atoms with E-state index in [0.717, 1.165) is 33.6 Å². The van der Waals surface area contributed by atoms with Crippen molar-refractivity contribution in [3.05, 3.63) is 175 Å². The number of furan rings is 1. The lowest BCUT2D eigenvalue weighted by Crippen LogP contribution is -2.15. The molecule has 0 aliphatic heterocycles. The zero-order valence-corrected chi connectivity index (χ0v) is 26.4. The van der Waals surface area contributed by atoms with Gasteiger partial charge < -0.3 is 9.32 Å². The highest BCUT2D eigenvalue weighted by molar-refractivity contribution is 6.08. The minimum absolute atomic E-state index is 0.143. The fraction of sp³-hybridized carbons (Fsp3) is 0.0667. The number of para-hydroxylation sites is 1. The lowest BCUT2D eigenvalue weighted by Gasteiger charge is -2.27. The van der Waals surface area contributed by atoms with Crippen LogP contribution in [0.4, 0.5) is 17.1 Å². The van der Waals surface area contributed by atoms with Crippen LogP contribution in [0, 0.1) is 0 Å². The van der Waals surface area contributed by atoms with Crippen LogP contribution < -0.4 is 4.90 Å². The highest BCUT2D eigenvalue weighted by Crippen LogP contribution is 2.52. The molecule has 0 atom stereocenters. The molecule has 1 aromatic heterocycles. The molecule has 9 rings (SSSR count). The molecule has 0 saturated heterocycles. The van der Waals surface area contributed by atoms with Crippen molar-refractivity contribution in [1.82, 2.24) is 0 Å². The van der Waals surface area contributed by atoms with Crippen molar-refractivity contribution in [2.24, 2.45) is 0 Å². The summed E-state index contributed by atoms with van der Waals surface area (Å²) < 4.78 is 6.32. The fourth-order valence-electron chi connectivity index (χ4n) is 7.41. The van der Waals surface area contributed by atoms with E-state index in [9.17, 15) is 0 Å². The normalized spacial score (nSPS) is 13.1. The maximum absolute atomic E-state index is 6.32. The molecule has 7 aromatic carbocycles. The van der Waals surface area contributed by atoms with Gasteiger partial charge in [0.1, 0.15) is 11.2 Å². The zero-order valence-electron chi connectivity index (χ0n) is 26.4. The molecule has 0 bridgehead atoms. The molecule has 2 nitrogen and oxygen atoms in total. The third-order valence-electron chi connectivity index (χ3n) is 9.88. The monoisotopic (exact) mass is 603 g/mol. The van der Waals surface area contributed by atoms with Gasteiger partial charge in [-0.15, -0.1) is 0 Å². The van der Waals surface area contributed by atoms with E-state index in [2.05, 4.69) is 176 Å². The predicted octanol–water partition coefficient (Wildman–Crippen LogP) is 12.7. The fourth-order valence-corrected chi connectivity index (χ4v) is 7.41. The van der Waals surface area contributed by atoms with Gasteiger partial charge in [0.2, 0.25) is 0 Å². The van der Waals surface area contributed by atoms with Crippen molar-refractivity contribution >= 4 is 39.0 Å². The van der Waals surface area contributed by atoms with E-state index in [4.69, 9.17) is 4.42 Å². The first-order chi connectivity index (χ1) is 23.0. The molecule has 47 heavy (non-hydrogen) atoms. The summed E-state index contributed by atoms with van der Waals surface area (Å²) in [4.78, 5) is 2.38. The minimum atomic E-state index is -0.143. The summed E-state index contributed by atoms with van der Waals surface area (Å²) in [7, 11) is 0. The minimum Gasteiger partial charge on any atom is -0.456 e. The van der Waals surface area contributed by atoms with Crippen LogP contribution >= 0.6 is 0 Å². The Kier molecular flexibility index (Phi) is 6.20. The lowest BCUT2D eigenvalue weighted by molar-refractivity contribution is 0.647. The molecule has 0 amide bonds. The standard InChI is InChI=1S/C45H33NO/c1-45(2)41-26-25-36(27-38(41)39-28-40-37-15-9-10-16-43(37)47-44(40)29-42(39)45)46(34-21-17-32(18-22-34)30-11-5-3-6-12-30)35-23-19-33(20-24-35)31-13-7-4-8-14-31/h3-29H,1-2H3. The van der Waals surface area contributed by atoms with Crippen LogP contribution in [-0.2, 0) is 5.41 Å². The number of anilines is 3. The Balaban J connectivity index is 1.20. The van der Waals surface area contributed by atoms with Gasteiger partial charge in [-0.05, 0) is 99.1 Å². The first kappa shape index (κ1) is 27.5. The van der Waals surface area contributed by atoms with Crippen LogP contribution in [-0.4, -0.2) is 0 Å². The molecule has 0 saturated carbocycles. The molecular weight excluding hydrogens is 571 g/mol. The smallest absolute Gasteiger partial charge is 0.135 e. The summed E-state index contributed by atoms with van der Waals surface area (Å²) in [5.41, 5.74) is 15.1. The largest absolute Gasteiger partial charge is 0.456 e. The quantitative estimate of drug-likeness (QED) is 0.195. The molecule has 2 heteroatoms. The average Bonchev–Trinajstić information content (AvgIpc) is 3.60. The summed E-state index contributed by atoms with van der Waals surface area (Å²) in [5.74, 6) is 0. The maximum Gasteiger partial charge on any atom is 0.135 e. The molecule has 224 valence electrons. The molecule has 1 aliphatic rings. The number of benzene rings is 7. The first-order valence-electron chi connectivity index (χ1n) is 16.3. The van der Waals surface area contributed by atoms with E-state index in [1.54, 1.807) is 0 Å². The van der Waals surface area contributed by atoms with Gasteiger partial charge >= 0.3 is 0 Å². The number of hydrogen-bond acceptors (Lipinski definition) is 2. The van der Waals surface area contributed by atoms with Crippen LogP contribution in [0.5, 0.6) is 0 Å². The van der Waals surface area contributed by atoms with Gasteiger partial charge in [-0.3, -0.25) is 0 Å². The number of rotatable bonds is 5. The summed E-state index contributed by atoms with van der Waals surface area (Å²) in [6, 6.07) is 58.9. The van der Waals surface area contributed by atoms with Crippen molar-refractivity contribution in [1.29, 1.82) is 0 Å². The zero-order chi connectivity index (χ0) is 31.5. The first-order valence-corrected chi connectivity index (χ1v) is 16.3. The van der Waals surface area contributed by atoms with Gasteiger partial charge in [0, 0.05) is 33.2 Å². The Morgan fingerprint density at radius 3 is 1.53 bits per heavy atom. The molecule has 0 fully saturated rings. The summed E-state index contributed by atoms with van der Waals surface area (Å²) in [6.07, 6.45) is 0. The Bertz CT molecular complexity index is 2320. The van der Waals surface area contributed by atoms with Crippen molar-refractivity contribution in [3.8, 4) is 33.4 Å². The molecule has 0 radical (unpaired) electrons. The van der Waals surface area contributed by atoms with E-state index < -0.39 is 0 Å². The summed E-state index contributed by atoms with van der Waals surface area (Å²) in [6.45, 7) is 4.66. The predicted molar refractivity (Wildman–Crippen MR) is 197 cm³/mol. The lowest BCUT2D eigenvalue weighted by atomic mass is 9.82. The van der Waals surface area contributed by atoms with Crippen molar-refractivity contribution < 1.29 is 4.42 Å². The van der Waals surface area contributed by atoms with Crippen LogP contribution in [0.3, 0.4) is 0 Å². The van der Waals surface area contributed by atoms with E-state index in [1.165, 1.54) is 49.9 Å². The topological polar surface area (TPSA) is 16.4 Å². The highest BCUT2D eigenvalue weighted by atomic mass is 16.3. The molecule has 1 aliphatic carbocycles. The molecule has 8 aromatic rings. The van der Waals surface area contributed by atoms with Gasteiger partial charge in [0.25, 0.3) is 0 Å². The van der Waals surface area contributed by atoms with Gasteiger partial charge in [0.15, 0.2) is 0 Å². The van der Waals surface area contributed by atoms with E-state index >= 15 is 0 Å². The van der Waals surface area contributed by atoms with E-state index in [0.29, 0.717) is 0 Å². The molecule has 0 spiro atoms. The second kappa shape index (κ2) is 10.6. The van der Waals surface area contributed by atoms with Crippen LogP contribution in [0.2, 0.25) is 0 Å². The Morgan fingerprint density at radius 2 is 0.915 bits per heavy atom. The maximum atomic E-state index is 6.32. The number of nitrogens with zero attached hydrogens (tertiary/aromatic N) is 1. The highest BCUT2D eigenvalue weighted by Gasteiger charge is 2.37. The Hall–Kier alpha value is -5.86. The van der Waals surface area contributed by atoms with Crippen molar-refractivity contribution in [3.63, 3.8) is 0 Å². The third-order valence-corrected chi connectivity index (χ3v) is 9.88. The van der Waals surface area contributed by atoms with Crippen molar-refractivity contribution in [2.45, 2.75) is 19.3 Å². The number of hydrogen-bond donors (Lipinski definition) is 0. The summed E-state index contributed by atoms with van der Waals surface area (Å²) in [5, 5.41) is 2.32. The Labute approximate surface area is 275 Å². The molecule has 0 N–H and O–H groups in total. The molecular formula is C45H33NO. The average molecular weight is 604 g/mol. The number of fused-ring (bicyclic) bond motifs is 6. The molecule has 0 unspecified atom stereocenters.